The molecule has 0 bridgehead atoms. The van der Waals surface area contributed by atoms with Crippen LogP contribution in [0.2, 0.25) is 5.02 Å². The highest BCUT2D eigenvalue weighted by atomic mass is 35.5. The molecule has 2 N–H and O–H groups in total. The summed E-state index contributed by atoms with van der Waals surface area (Å²) in [7, 11) is 0. The quantitative estimate of drug-likeness (QED) is 0.749. The van der Waals surface area contributed by atoms with Gasteiger partial charge in [-0.3, -0.25) is 9.89 Å². The Bertz CT molecular complexity index is 871. The summed E-state index contributed by atoms with van der Waals surface area (Å²) in [5.74, 6) is -0.623. The number of rotatable bonds is 4. The van der Waals surface area contributed by atoms with Gasteiger partial charge in [-0.15, -0.1) is 0 Å². The molecule has 0 aliphatic rings. The number of amides is 1. The third kappa shape index (κ3) is 3.81. The van der Waals surface area contributed by atoms with E-state index in [-0.39, 0.29) is 11.7 Å². The van der Waals surface area contributed by atoms with Crippen molar-refractivity contribution in [3.05, 3.63) is 76.2 Å². The normalized spacial score (nSPS) is 10.6. The lowest BCUT2D eigenvalue weighted by Gasteiger charge is -2.04. The number of aromatic nitrogens is 2. The number of nitrogens with one attached hydrogen (secondary N) is 2. The largest absolute Gasteiger partial charge is 0.347 e. The number of halogens is 2. The van der Waals surface area contributed by atoms with Gasteiger partial charge in [-0.1, -0.05) is 23.7 Å². The molecule has 1 amide bonds. The van der Waals surface area contributed by atoms with Gasteiger partial charge in [0.1, 0.15) is 11.5 Å². The van der Waals surface area contributed by atoms with Crippen LogP contribution in [0.3, 0.4) is 0 Å². The number of benzene rings is 2. The SMILES string of the molecule is Cc1cc(F)cc(-c2cc(C(=O)NCc3cccc(Cl)c3)[nH]n2)c1. The molecule has 122 valence electrons. The summed E-state index contributed by atoms with van der Waals surface area (Å²) >= 11 is 5.91. The number of aryl methyl sites for hydroxylation is 1. The van der Waals surface area contributed by atoms with Crippen molar-refractivity contribution in [3.8, 4) is 11.3 Å². The molecule has 0 spiro atoms. The van der Waals surface area contributed by atoms with Gasteiger partial charge in [-0.05, 0) is 54.4 Å². The van der Waals surface area contributed by atoms with E-state index in [9.17, 15) is 9.18 Å². The summed E-state index contributed by atoms with van der Waals surface area (Å²) in [5.41, 5.74) is 3.15. The molecule has 0 atom stereocenters. The van der Waals surface area contributed by atoms with Gasteiger partial charge in [0.25, 0.3) is 5.91 Å². The predicted octanol–water partition coefficient (Wildman–Crippen LogP) is 4.11. The zero-order valence-electron chi connectivity index (χ0n) is 12.9. The number of aromatic amines is 1. The van der Waals surface area contributed by atoms with Crippen molar-refractivity contribution in [2.75, 3.05) is 0 Å². The second kappa shape index (κ2) is 6.84. The molecule has 4 nitrogen and oxygen atoms in total. The molecule has 6 heteroatoms. The number of hydrogen-bond donors (Lipinski definition) is 2. The van der Waals surface area contributed by atoms with Crippen molar-refractivity contribution < 1.29 is 9.18 Å². The average Bonchev–Trinajstić information content (AvgIpc) is 3.02. The minimum Gasteiger partial charge on any atom is -0.347 e. The number of carbonyl (C=O) groups excluding carboxylic acids is 1. The maximum Gasteiger partial charge on any atom is 0.269 e. The first-order valence-corrected chi connectivity index (χ1v) is 7.75. The number of carbonyl (C=O) groups is 1. The van der Waals surface area contributed by atoms with Crippen LogP contribution in [-0.4, -0.2) is 16.1 Å². The number of hydrogen-bond acceptors (Lipinski definition) is 2. The van der Waals surface area contributed by atoms with Crippen molar-refractivity contribution in [1.82, 2.24) is 15.5 Å². The molecule has 1 aromatic heterocycles. The zero-order valence-corrected chi connectivity index (χ0v) is 13.7. The van der Waals surface area contributed by atoms with E-state index in [0.717, 1.165) is 11.1 Å². The molecule has 0 unspecified atom stereocenters. The molecular formula is C18H15ClFN3O. The van der Waals surface area contributed by atoms with Gasteiger partial charge >= 0.3 is 0 Å². The third-order valence-electron chi connectivity index (χ3n) is 3.50. The Morgan fingerprint density at radius 3 is 2.83 bits per heavy atom. The molecule has 0 saturated carbocycles. The van der Waals surface area contributed by atoms with E-state index in [4.69, 9.17) is 11.6 Å². The molecule has 3 aromatic rings. The lowest BCUT2D eigenvalue weighted by Crippen LogP contribution is -2.23. The van der Waals surface area contributed by atoms with Crippen molar-refractivity contribution >= 4 is 17.5 Å². The van der Waals surface area contributed by atoms with Crippen LogP contribution < -0.4 is 5.32 Å². The number of nitrogens with zero attached hydrogens (tertiary/aromatic N) is 1. The molecule has 0 saturated heterocycles. The monoisotopic (exact) mass is 343 g/mol. The highest BCUT2D eigenvalue weighted by molar-refractivity contribution is 6.30. The Morgan fingerprint density at radius 2 is 2.08 bits per heavy atom. The van der Waals surface area contributed by atoms with E-state index in [0.29, 0.717) is 28.5 Å². The second-order valence-electron chi connectivity index (χ2n) is 5.50. The highest BCUT2D eigenvalue weighted by Crippen LogP contribution is 2.20. The van der Waals surface area contributed by atoms with Crippen molar-refractivity contribution in [2.24, 2.45) is 0 Å². The van der Waals surface area contributed by atoms with Crippen LogP contribution in [0.1, 0.15) is 21.6 Å². The fourth-order valence-electron chi connectivity index (χ4n) is 2.39. The number of H-pyrrole nitrogens is 1. The smallest absolute Gasteiger partial charge is 0.269 e. The molecule has 0 aliphatic heterocycles. The van der Waals surface area contributed by atoms with E-state index in [1.54, 1.807) is 25.1 Å². The fourth-order valence-corrected chi connectivity index (χ4v) is 2.61. The summed E-state index contributed by atoms with van der Waals surface area (Å²) in [6.45, 7) is 2.16. The van der Waals surface area contributed by atoms with Gasteiger partial charge in [0, 0.05) is 17.1 Å². The van der Waals surface area contributed by atoms with Crippen LogP contribution in [0.15, 0.2) is 48.5 Å². The zero-order chi connectivity index (χ0) is 17.1. The van der Waals surface area contributed by atoms with E-state index in [2.05, 4.69) is 15.5 Å². The molecule has 3 rings (SSSR count). The second-order valence-corrected chi connectivity index (χ2v) is 5.93. The standard InChI is InChI=1S/C18H15ClFN3O/c1-11-5-13(8-15(20)6-11)16-9-17(23-22-16)18(24)21-10-12-3-2-4-14(19)7-12/h2-9H,10H2,1H3,(H,21,24)(H,22,23). The van der Waals surface area contributed by atoms with E-state index < -0.39 is 0 Å². The van der Waals surface area contributed by atoms with Gasteiger partial charge in [0.15, 0.2) is 0 Å². The average molecular weight is 344 g/mol. The summed E-state index contributed by atoms with van der Waals surface area (Å²) < 4.78 is 13.5. The van der Waals surface area contributed by atoms with Crippen molar-refractivity contribution in [3.63, 3.8) is 0 Å². The van der Waals surface area contributed by atoms with Gasteiger partial charge in [-0.2, -0.15) is 5.10 Å². The van der Waals surface area contributed by atoms with Crippen LogP contribution in [0.4, 0.5) is 4.39 Å². The Hall–Kier alpha value is -2.66. The van der Waals surface area contributed by atoms with Crippen molar-refractivity contribution in [2.45, 2.75) is 13.5 Å². The topological polar surface area (TPSA) is 57.8 Å². The van der Waals surface area contributed by atoms with Gasteiger partial charge in [0.2, 0.25) is 0 Å². The Balaban J connectivity index is 1.71. The Kier molecular flexibility index (Phi) is 4.62. The van der Waals surface area contributed by atoms with Crippen LogP contribution in [-0.2, 0) is 6.54 Å². The van der Waals surface area contributed by atoms with Gasteiger partial charge in [0.05, 0.1) is 5.69 Å². The molecular weight excluding hydrogens is 329 g/mol. The first-order chi connectivity index (χ1) is 11.5. The van der Waals surface area contributed by atoms with Crippen LogP contribution in [0, 0.1) is 12.7 Å². The lowest BCUT2D eigenvalue weighted by atomic mass is 10.1. The Labute approximate surface area is 143 Å². The molecule has 0 fully saturated rings. The minimum atomic E-state index is -0.333. The van der Waals surface area contributed by atoms with E-state index in [1.807, 2.05) is 18.2 Å². The van der Waals surface area contributed by atoms with Crippen molar-refractivity contribution in [1.29, 1.82) is 0 Å². The molecule has 24 heavy (non-hydrogen) atoms. The molecule has 2 aromatic carbocycles. The maximum absolute atomic E-state index is 13.5. The first kappa shape index (κ1) is 16.2. The molecule has 1 heterocycles. The minimum absolute atomic E-state index is 0.290. The lowest BCUT2D eigenvalue weighted by molar-refractivity contribution is 0.0946. The van der Waals surface area contributed by atoms with Gasteiger partial charge < -0.3 is 5.32 Å². The predicted molar refractivity (Wildman–Crippen MR) is 91.3 cm³/mol. The molecule has 0 aliphatic carbocycles. The van der Waals surface area contributed by atoms with Crippen LogP contribution >= 0.6 is 11.6 Å². The van der Waals surface area contributed by atoms with Gasteiger partial charge in [-0.25, -0.2) is 4.39 Å². The summed E-state index contributed by atoms with van der Waals surface area (Å²) in [6, 6.07) is 13.5. The fraction of sp³-hybridized carbons (Fsp3) is 0.111. The summed E-state index contributed by atoms with van der Waals surface area (Å²) in [6.07, 6.45) is 0. The third-order valence-corrected chi connectivity index (χ3v) is 3.74. The van der Waals surface area contributed by atoms with Crippen LogP contribution in [0.25, 0.3) is 11.3 Å². The van der Waals surface area contributed by atoms with E-state index in [1.165, 1.54) is 12.1 Å². The molecule has 0 radical (unpaired) electrons. The maximum atomic E-state index is 13.5. The summed E-state index contributed by atoms with van der Waals surface area (Å²) in [5, 5.41) is 10.2. The van der Waals surface area contributed by atoms with Crippen LogP contribution in [0.5, 0.6) is 0 Å². The summed E-state index contributed by atoms with van der Waals surface area (Å²) in [4.78, 5) is 12.2. The van der Waals surface area contributed by atoms with E-state index >= 15 is 0 Å². The highest BCUT2D eigenvalue weighted by Gasteiger charge is 2.12. The Morgan fingerprint density at radius 1 is 1.25 bits per heavy atom. The first-order valence-electron chi connectivity index (χ1n) is 7.37.